The van der Waals surface area contributed by atoms with E-state index >= 15 is 0 Å². The van der Waals surface area contributed by atoms with E-state index in [1.807, 2.05) is 6.92 Å². The van der Waals surface area contributed by atoms with Gasteiger partial charge < -0.3 is 69.3 Å². The van der Waals surface area contributed by atoms with E-state index in [9.17, 15) is 45.6 Å². The maximum absolute atomic E-state index is 14.5. The fourth-order valence-corrected chi connectivity index (χ4v) is 12.3. The maximum atomic E-state index is 14.5. The lowest BCUT2D eigenvalue weighted by atomic mass is 9.46. The molecule has 4 aliphatic carbocycles. The average Bonchev–Trinajstić information content (AvgIpc) is 3.59. The van der Waals surface area contributed by atoms with Gasteiger partial charge in [-0.05, 0) is 55.3 Å². The summed E-state index contributed by atoms with van der Waals surface area (Å²) < 4.78 is 36.4. The van der Waals surface area contributed by atoms with Crippen LogP contribution in [0.4, 0.5) is 0 Å². The molecule has 1 unspecified atom stereocenters. The van der Waals surface area contributed by atoms with Gasteiger partial charge in [0.05, 0.1) is 38.1 Å². The molecule has 54 heavy (non-hydrogen) atoms. The minimum Gasteiger partial charge on any atom is -0.394 e. The number of hydrogen-bond donors (Lipinski definition) is 8. The Morgan fingerprint density at radius 2 is 1.54 bits per heavy atom. The number of allylic oxidation sites excluding steroid dienone is 1. The predicted octanol–water partition coefficient (Wildman–Crippen LogP) is -0.488. The van der Waals surface area contributed by atoms with Gasteiger partial charge in [0, 0.05) is 36.0 Å². The third-order valence-electron chi connectivity index (χ3n) is 15.6. The van der Waals surface area contributed by atoms with Crippen molar-refractivity contribution >= 4 is 5.78 Å². The Kier molecular flexibility index (Phi) is 10.5. The zero-order chi connectivity index (χ0) is 38.6. The molecule has 0 radical (unpaired) electrons. The van der Waals surface area contributed by atoms with E-state index < -0.39 is 91.9 Å². The normalized spacial score (nSPS) is 57.2. The monoisotopic (exact) mass is 768 g/mol. The van der Waals surface area contributed by atoms with Gasteiger partial charge in [0.2, 0.25) is 0 Å². The number of aliphatic hydroxyl groups excluding tert-OH is 8. The minimum absolute atomic E-state index is 0.0195. The number of Topliss-reactive ketones (excluding diaryl/α,β-unsaturated/α-hetero) is 1. The highest BCUT2D eigenvalue weighted by Gasteiger charge is 2.72. The Morgan fingerprint density at radius 3 is 2.24 bits per heavy atom. The molecule has 4 aliphatic heterocycles. The summed E-state index contributed by atoms with van der Waals surface area (Å²) in [5.74, 6) is 0.156. The third-order valence-corrected chi connectivity index (χ3v) is 15.6. The summed E-state index contributed by atoms with van der Waals surface area (Å²) in [6.07, 6.45) is -9.27. The molecular weight excluding hydrogens is 708 g/mol. The number of ether oxygens (including phenoxy) is 6. The first-order chi connectivity index (χ1) is 25.6. The van der Waals surface area contributed by atoms with Gasteiger partial charge in [0.1, 0.15) is 54.6 Å². The molecule has 0 amide bonds. The molecule has 0 aromatic rings. The van der Waals surface area contributed by atoms with Gasteiger partial charge in [-0.3, -0.25) is 4.79 Å². The molecule has 306 valence electrons. The minimum atomic E-state index is -1.75. The van der Waals surface area contributed by atoms with Crippen molar-refractivity contribution in [2.75, 3.05) is 19.8 Å². The van der Waals surface area contributed by atoms with E-state index in [2.05, 4.69) is 26.8 Å². The number of fused-ring (bicyclic) bond motifs is 7. The number of carbonyl (C=O) groups excluding carboxylic acids is 1. The molecule has 22 atom stereocenters. The Morgan fingerprint density at radius 1 is 0.852 bits per heavy atom. The molecule has 0 bridgehead atoms. The Labute approximate surface area is 315 Å². The van der Waals surface area contributed by atoms with Crippen LogP contribution in [0, 0.1) is 46.3 Å². The molecular formula is C39H60O15. The molecule has 0 aromatic carbocycles. The van der Waals surface area contributed by atoms with E-state index in [0.29, 0.717) is 44.0 Å². The summed E-state index contributed by atoms with van der Waals surface area (Å²) in [4.78, 5) is 14.5. The van der Waals surface area contributed by atoms with Crippen molar-refractivity contribution in [2.45, 2.75) is 158 Å². The summed E-state index contributed by atoms with van der Waals surface area (Å²) in [5, 5.41) is 83.5. The summed E-state index contributed by atoms with van der Waals surface area (Å²) in [7, 11) is 0. The highest BCUT2D eigenvalue weighted by molar-refractivity contribution is 5.87. The van der Waals surface area contributed by atoms with Gasteiger partial charge in [0.25, 0.3) is 0 Å². The van der Waals surface area contributed by atoms with Crippen molar-refractivity contribution < 1.29 is 74.1 Å². The molecule has 15 nitrogen and oxygen atoms in total. The number of rotatable bonds is 6. The first-order valence-electron chi connectivity index (χ1n) is 20.0. The molecule has 8 N–H and O–H groups in total. The second-order valence-corrected chi connectivity index (χ2v) is 18.3. The van der Waals surface area contributed by atoms with Crippen LogP contribution in [-0.4, -0.2) is 152 Å². The van der Waals surface area contributed by atoms with E-state index in [-0.39, 0.29) is 47.2 Å². The Hall–Kier alpha value is -1.15. The molecule has 1 spiro atoms. The number of carbonyl (C=O) groups is 1. The zero-order valence-electron chi connectivity index (χ0n) is 31.6. The molecule has 4 saturated heterocycles. The maximum Gasteiger partial charge on any atom is 0.187 e. The zero-order valence-corrected chi connectivity index (χ0v) is 31.6. The molecule has 8 aliphatic rings. The van der Waals surface area contributed by atoms with Gasteiger partial charge in [-0.15, -0.1) is 0 Å². The fourth-order valence-electron chi connectivity index (χ4n) is 12.3. The first-order valence-corrected chi connectivity index (χ1v) is 20.0. The van der Waals surface area contributed by atoms with Gasteiger partial charge >= 0.3 is 0 Å². The van der Waals surface area contributed by atoms with Crippen LogP contribution in [-0.2, 0) is 33.2 Å². The largest absolute Gasteiger partial charge is 0.394 e. The Balaban J connectivity index is 0.930. The number of aliphatic hydroxyl groups is 8. The molecule has 7 fully saturated rings. The summed E-state index contributed by atoms with van der Waals surface area (Å²) in [5.41, 5.74) is 0.462. The number of ketones is 1. The Bertz CT molecular complexity index is 1440. The summed E-state index contributed by atoms with van der Waals surface area (Å²) in [6.45, 7) is 7.68. The van der Waals surface area contributed by atoms with Crippen LogP contribution in [0.3, 0.4) is 0 Å². The van der Waals surface area contributed by atoms with Gasteiger partial charge in [-0.2, -0.15) is 0 Å². The van der Waals surface area contributed by atoms with Crippen molar-refractivity contribution in [1.82, 2.24) is 0 Å². The lowest BCUT2D eigenvalue weighted by molar-refractivity contribution is -0.363. The molecule has 0 aromatic heterocycles. The van der Waals surface area contributed by atoms with Crippen molar-refractivity contribution in [3.63, 3.8) is 0 Å². The van der Waals surface area contributed by atoms with Crippen LogP contribution in [0.5, 0.6) is 0 Å². The summed E-state index contributed by atoms with van der Waals surface area (Å²) in [6, 6.07) is 0. The topological polar surface area (TPSA) is 234 Å². The van der Waals surface area contributed by atoms with Gasteiger partial charge in [-0.1, -0.05) is 39.3 Å². The van der Waals surface area contributed by atoms with Crippen molar-refractivity contribution in [1.29, 1.82) is 0 Å². The van der Waals surface area contributed by atoms with Crippen LogP contribution in [0.2, 0.25) is 0 Å². The number of hydrogen-bond acceptors (Lipinski definition) is 15. The van der Waals surface area contributed by atoms with Crippen LogP contribution in [0.15, 0.2) is 11.6 Å². The molecule has 15 heteroatoms. The van der Waals surface area contributed by atoms with Crippen LogP contribution in [0.25, 0.3) is 0 Å². The quantitative estimate of drug-likeness (QED) is 0.159. The van der Waals surface area contributed by atoms with E-state index in [4.69, 9.17) is 28.4 Å². The third kappa shape index (κ3) is 5.94. The second-order valence-electron chi connectivity index (χ2n) is 18.3. The van der Waals surface area contributed by atoms with Gasteiger partial charge in [0.15, 0.2) is 18.4 Å². The molecule has 8 rings (SSSR count). The second kappa shape index (κ2) is 14.3. The standard InChI is InChI=1S/C39H60O15/c1-16-15-49-39(12-23(16)42)17(2)28-24(54-39)10-22-20-6-5-18-9-19(7-8-37(18,3)21(20)11-27(43)38(22,28)4)50-35-33(48)31(46)34(26(14-41)52-35)53-36-32(47)30(45)29(44)25(13-40)51-36/h5,16-17,19-26,28-36,40-42,44-48H,6-15H2,1-4H3/t16-,17+,19+,20-,21+,22+,23?,24+,25-,26-,28+,29-,30+,31-,32-,33-,34+,35-,36+,37+,38-,39-/m1/s1. The highest BCUT2D eigenvalue weighted by atomic mass is 16.7. The van der Waals surface area contributed by atoms with Crippen LogP contribution >= 0.6 is 0 Å². The van der Waals surface area contributed by atoms with Crippen LogP contribution < -0.4 is 0 Å². The van der Waals surface area contributed by atoms with Crippen molar-refractivity contribution in [3.05, 3.63) is 11.6 Å². The van der Waals surface area contributed by atoms with E-state index in [1.54, 1.807) is 0 Å². The predicted molar refractivity (Wildman–Crippen MR) is 185 cm³/mol. The van der Waals surface area contributed by atoms with E-state index in [0.717, 1.165) is 19.3 Å². The van der Waals surface area contributed by atoms with Gasteiger partial charge in [-0.25, -0.2) is 0 Å². The fraction of sp³-hybridized carbons (Fsp3) is 0.923. The highest BCUT2D eigenvalue weighted by Crippen LogP contribution is 2.69. The molecule has 3 saturated carbocycles. The lowest BCUT2D eigenvalue weighted by Gasteiger charge is -2.58. The lowest BCUT2D eigenvalue weighted by Crippen LogP contribution is -2.65. The SMILES string of the molecule is C[C@@H]1CO[C@]2(CC1O)O[C@H]1C[C@H]3[C@@H]4CC=C5C[C@@H](O[C@@H]6O[C@H](CO)[C@H](O[C@@H]7O[C@H](CO)[C@@H](O)[C@H](O)[C@H]7O)[C@H](O)[C@H]6O)CC[C@]5(C)[C@H]4CC(=O)[C@]3(C)[C@H]1[C@@H]2C. The first kappa shape index (κ1) is 39.7. The van der Waals surface area contributed by atoms with Crippen molar-refractivity contribution in [3.8, 4) is 0 Å². The average molecular weight is 769 g/mol. The van der Waals surface area contributed by atoms with Crippen LogP contribution in [0.1, 0.15) is 72.6 Å². The smallest absolute Gasteiger partial charge is 0.187 e. The molecule has 4 heterocycles. The van der Waals surface area contributed by atoms with Crippen molar-refractivity contribution in [2.24, 2.45) is 46.3 Å². The van der Waals surface area contributed by atoms with E-state index in [1.165, 1.54) is 5.57 Å². The summed E-state index contributed by atoms with van der Waals surface area (Å²) >= 11 is 0.